The molecule has 24 heavy (non-hydrogen) atoms. The van der Waals surface area contributed by atoms with E-state index in [1.807, 2.05) is 59.3 Å². The van der Waals surface area contributed by atoms with Gasteiger partial charge in [0, 0.05) is 12.3 Å². The van der Waals surface area contributed by atoms with Crippen molar-refractivity contribution in [1.29, 1.82) is 0 Å². The van der Waals surface area contributed by atoms with Gasteiger partial charge >= 0.3 is 0 Å². The van der Waals surface area contributed by atoms with Crippen LogP contribution in [0.1, 0.15) is 34.0 Å². The van der Waals surface area contributed by atoms with E-state index in [0.29, 0.717) is 6.42 Å². The fraction of sp³-hybridized carbons (Fsp3) is 0.200. The summed E-state index contributed by atoms with van der Waals surface area (Å²) in [4.78, 5) is 12.6. The van der Waals surface area contributed by atoms with Gasteiger partial charge in [-0.15, -0.1) is 0 Å². The SMILES string of the molecule is COc1ccccc1[C@@H]1CC(=O)c2cnn(-c3ccccc3)c2C1. The van der Waals surface area contributed by atoms with Crippen LogP contribution in [0.3, 0.4) is 0 Å². The van der Waals surface area contributed by atoms with Gasteiger partial charge in [0.1, 0.15) is 5.75 Å². The van der Waals surface area contributed by atoms with Crippen molar-refractivity contribution in [2.24, 2.45) is 0 Å². The van der Waals surface area contributed by atoms with Crippen molar-refractivity contribution in [3.63, 3.8) is 0 Å². The lowest BCUT2D eigenvalue weighted by Gasteiger charge is -2.24. The summed E-state index contributed by atoms with van der Waals surface area (Å²) in [7, 11) is 1.67. The predicted octanol–water partition coefficient (Wildman–Crippen LogP) is 3.79. The summed E-state index contributed by atoms with van der Waals surface area (Å²) in [6.07, 6.45) is 2.97. The number of nitrogens with zero attached hydrogens (tertiary/aromatic N) is 2. The number of Topliss-reactive ketones (excluding diaryl/α,β-unsaturated/α-hetero) is 1. The van der Waals surface area contributed by atoms with E-state index in [4.69, 9.17) is 4.74 Å². The first-order chi connectivity index (χ1) is 11.8. The van der Waals surface area contributed by atoms with E-state index >= 15 is 0 Å². The van der Waals surface area contributed by atoms with E-state index in [2.05, 4.69) is 5.10 Å². The molecule has 120 valence electrons. The first kappa shape index (κ1) is 14.7. The van der Waals surface area contributed by atoms with Gasteiger partial charge in [-0.3, -0.25) is 4.79 Å². The fourth-order valence-corrected chi connectivity index (χ4v) is 3.46. The molecule has 1 atom stereocenters. The summed E-state index contributed by atoms with van der Waals surface area (Å²) in [5.41, 5.74) is 3.78. The van der Waals surface area contributed by atoms with Gasteiger partial charge in [0.25, 0.3) is 0 Å². The maximum atomic E-state index is 12.6. The van der Waals surface area contributed by atoms with Crippen LogP contribution < -0.4 is 4.74 Å². The summed E-state index contributed by atoms with van der Waals surface area (Å²) < 4.78 is 7.37. The molecule has 3 aromatic rings. The molecule has 0 fully saturated rings. The monoisotopic (exact) mass is 318 g/mol. The molecule has 0 aliphatic heterocycles. The summed E-state index contributed by atoms with van der Waals surface area (Å²) in [5.74, 6) is 1.10. The number of ketones is 1. The Morgan fingerprint density at radius 1 is 1.04 bits per heavy atom. The van der Waals surface area contributed by atoms with Crippen molar-refractivity contribution >= 4 is 5.78 Å². The lowest BCUT2D eigenvalue weighted by atomic mass is 9.82. The number of para-hydroxylation sites is 2. The lowest BCUT2D eigenvalue weighted by Crippen LogP contribution is -2.20. The molecule has 4 rings (SSSR count). The van der Waals surface area contributed by atoms with E-state index < -0.39 is 0 Å². The minimum Gasteiger partial charge on any atom is -0.496 e. The van der Waals surface area contributed by atoms with Gasteiger partial charge in [-0.05, 0) is 30.2 Å². The van der Waals surface area contributed by atoms with E-state index in [-0.39, 0.29) is 11.7 Å². The average molecular weight is 318 g/mol. The summed E-state index contributed by atoms with van der Waals surface area (Å²) in [6.45, 7) is 0. The Labute approximate surface area is 140 Å². The lowest BCUT2D eigenvalue weighted by molar-refractivity contribution is 0.0963. The van der Waals surface area contributed by atoms with Crippen molar-refractivity contribution in [3.8, 4) is 11.4 Å². The van der Waals surface area contributed by atoms with Crippen LogP contribution in [0, 0.1) is 0 Å². The van der Waals surface area contributed by atoms with Crippen molar-refractivity contribution in [3.05, 3.63) is 77.6 Å². The minimum atomic E-state index is 0.111. The zero-order chi connectivity index (χ0) is 16.5. The van der Waals surface area contributed by atoms with Gasteiger partial charge in [-0.2, -0.15) is 5.10 Å². The fourth-order valence-electron chi connectivity index (χ4n) is 3.46. The van der Waals surface area contributed by atoms with Gasteiger partial charge in [0.2, 0.25) is 0 Å². The molecule has 4 nitrogen and oxygen atoms in total. The third-order valence-corrected chi connectivity index (χ3v) is 4.62. The molecule has 0 radical (unpaired) electrons. The zero-order valence-electron chi connectivity index (χ0n) is 13.5. The van der Waals surface area contributed by atoms with Crippen LogP contribution in [0.15, 0.2) is 60.8 Å². The Morgan fingerprint density at radius 2 is 1.79 bits per heavy atom. The number of carbonyl (C=O) groups excluding carboxylic acids is 1. The highest BCUT2D eigenvalue weighted by atomic mass is 16.5. The summed E-state index contributed by atoms with van der Waals surface area (Å²) >= 11 is 0. The molecule has 1 aromatic heterocycles. The van der Waals surface area contributed by atoms with Crippen LogP contribution in [0.4, 0.5) is 0 Å². The van der Waals surface area contributed by atoms with Crippen LogP contribution in [-0.2, 0) is 6.42 Å². The molecule has 1 aliphatic carbocycles. The Morgan fingerprint density at radius 3 is 2.58 bits per heavy atom. The second-order valence-electron chi connectivity index (χ2n) is 6.02. The van der Waals surface area contributed by atoms with E-state index in [0.717, 1.165) is 34.7 Å². The minimum absolute atomic E-state index is 0.111. The van der Waals surface area contributed by atoms with Crippen molar-refractivity contribution in [2.75, 3.05) is 7.11 Å². The number of ether oxygens (including phenoxy) is 1. The van der Waals surface area contributed by atoms with Gasteiger partial charge in [0.05, 0.1) is 30.3 Å². The van der Waals surface area contributed by atoms with E-state index in [9.17, 15) is 4.79 Å². The zero-order valence-corrected chi connectivity index (χ0v) is 13.5. The molecule has 4 heteroatoms. The molecule has 1 heterocycles. The van der Waals surface area contributed by atoms with Crippen LogP contribution in [0.25, 0.3) is 5.69 Å². The van der Waals surface area contributed by atoms with Crippen LogP contribution >= 0.6 is 0 Å². The number of rotatable bonds is 3. The second-order valence-corrected chi connectivity index (χ2v) is 6.02. The van der Waals surface area contributed by atoms with Crippen LogP contribution in [0.5, 0.6) is 5.75 Å². The van der Waals surface area contributed by atoms with Gasteiger partial charge in [-0.25, -0.2) is 4.68 Å². The smallest absolute Gasteiger partial charge is 0.166 e. The number of hydrogen-bond donors (Lipinski definition) is 0. The van der Waals surface area contributed by atoms with Crippen molar-refractivity contribution in [2.45, 2.75) is 18.8 Å². The van der Waals surface area contributed by atoms with Gasteiger partial charge < -0.3 is 4.74 Å². The molecule has 0 N–H and O–H groups in total. The summed E-state index contributed by atoms with van der Waals surface area (Å²) in [5, 5.41) is 4.45. The molecular formula is C20H18N2O2. The highest BCUT2D eigenvalue weighted by molar-refractivity contribution is 5.98. The van der Waals surface area contributed by atoms with E-state index in [1.165, 1.54) is 0 Å². The number of methoxy groups -OCH3 is 1. The molecule has 0 saturated carbocycles. The maximum absolute atomic E-state index is 12.6. The molecule has 0 spiro atoms. The average Bonchev–Trinajstić information content (AvgIpc) is 3.07. The Hall–Kier alpha value is -2.88. The van der Waals surface area contributed by atoms with Gasteiger partial charge in [-0.1, -0.05) is 36.4 Å². The Bertz CT molecular complexity index is 884. The molecule has 0 unspecified atom stereocenters. The first-order valence-electron chi connectivity index (χ1n) is 8.06. The molecule has 1 aliphatic rings. The molecule has 0 amide bonds. The third kappa shape index (κ3) is 2.40. The normalized spacial score (nSPS) is 16.7. The number of fused-ring (bicyclic) bond motifs is 1. The second kappa shape index (κ2) is 5.96. The molecule has 2 aromatic carbocycles. The van der Waals surface area contributed by atoms with Crippen LogP contribution in [-0.4, -0.2) is 22.7 Å². The largest absolute Gasteiger partial charge is 0.496 e. The summed E-state index contributed by atoms with van der Waals surface area (Å²) in [6, 6.07) is 17.9. The number of carbonyl (C=O) groups is 1. The Balaban J connectivity index is 1.77. The highest BCUT2D eigenvalue weighted by Gasteiger charge is 2.31. The standard InChI is InChI=1S/C20H18N2O2/c1-24-20-10-6-5-9-16(20)14-11-18-17(19(23)12-14)13-21-22(18)15-7-3-2-4-8-15/h2-10,13-14H,11-12H2,1H3/t14-/m0/s1. The molecular weight excluding hydrogens is 300 g/mol. The van der Waals surface area contributed by atoms with Crippen LogP contribution in [0.2, 0.25) is 0 Å². The number of aromatic nitrogens is 2. The maximum Gasteiger partial charge on any atom is 0.166 e. The molecule has 0 bridgehead atoms. The third-order valence-electron chi connectivity index (χ3n) is 4.62. The van der Waals surface area contributed by atoms with Gasteiger partial charge in [0.15, 0.2) is 5.78 Å². The number of benzene rings is 2. The molecule has 0 saturated heterocycles. The number of hydrogen-bond acceptors (Lipinski definition) is 3. The topological polar surface area (TPSA) is 44.1 Å². The van der Waals surface area contributed by atoms with E-state index in [1.54, 1.807) is 13.3 Å². The highest BCUT2D eigenvalue weighted by Crippen LogP contribution is 2.37. The van der Waals surface area contributed by atoms with Crippen molar-refractivity contribution in [1.82, 2.24) is 9.78 Å². The van der Waals surface area contributed by atoms with Crippen molar-refractivity contribution < 1.29 is 9.53 Å². The Kier molecular flexibility index (Phi) is 3.65. The first-order valence-corrected chi connectivity index (χ1v) is 8.06. The predicted molar refractivity (Wildman–Crippen MR) is 92.0 cm³/mol. The quantitative estimate of drug-likeness (QED) is 0.738.